The molecule has 0 fully saturated rings. The predicted octanol–water partition coefficient (Wildman–Crippen LogP) is 0.963. The van der Waals surface area contributed by atoms with E-state index in [1.807, 2.05) is 0 Å². The summed E-state index contributed by atoms with van der Waals surface area (Å²) >= 11 is 0. The van der Waals surface area contributed by atoms with Gasteiger partial charge in [0, 0.05) is 17.1 Å². The molecule has 6 nitrogen and oxygen atoms in total. The molecule has 14 heavy (non-hydrogen) atoms. The Hall–Kier alpha value is -1.95. The van der Waals surface area contributed by atoms with E-state index in [4.69, 9.17) is 5.11 Å². The number of H-pyrrole nitrogens is 1. The van der Waals surface area contributed by atoms with E-state index in [2.05, 4.69) is 9.97 Å². The standard InChI is InChI=1S/C8H7N3O3/c12-4-6-1-5-2-7(11(13)14)3-9-8(5)10-6/h1-3,12H,4H2,(H,9,10). The fourth-order valence-corrected chi connectivity index (χ4v) is 1.25. The Balaban J connectivity index is 2.59. The Labute approximate surface area is 78.4 Å². The zero-order valence-electron chi connectivity index (χ0n) is 7.10. The van der Waals surface area contributed by atoms with Crippen LogP contribution in [0.2, 0.25) is 0 Å². The maximum absolute atomic E-state index is 10.4. The maximum Gasteiger partial charge on any atom is 0.288 e. The van der Waals surface area contributed by atoms with Crippen molar-refractivity contribution >= 4 is 16.7 Å². The van der Waals surface area contributed by atoms with Crippen LogP contribution in [-0.2, 0) is 6.61 Å². The molecule has 0 aliphatic rings. The molecule has 0 amide bonds. The van der Waals surface area contributed by atoms with Crippen molar-refractivity contribution in [3.8, 4) is 0 Å². The fraction of sp³-hybridized carbons (Fsp3) is 0.125. The van der Waals surface area contributed by atoms with Crippen LogP contribution in [0.15, 0.2) is 18.3 Å². The van der Waals surface area contributed by atoms with Gasteiger partial charge in [-0.3, -0.25) is 10.1 Å². The highest BCUT2D eigenvalue weighted by Crippen LogP contribution is 2.18. The van der Waals surface area contributed by atoms with Gasteiger partial charge in [0.1, 0.15) is 11.8 Å². The topological polar surface area (TPSA) is 92.0 Å². The van der Waals surface area contributed by atoms with Crippen LogP contribution in [0.4, 0.5) is 5.69 Å². The number of aromatic nitrogens is 2. The first-order valence-corrected chi connectivity index (χ1v) is 3.93. The number of nitrogens with one attached hydrogen (secondary N) is 1. The van der Waals surface area contributed by atoms with Gasteiger partial charge in [-0.05, 0) is 6.07 Å². The highest BCUT2D eigenvalue weighted by Gasteiger charge is 2.08. The number of hydrogen-bond acceptors (Lipinski definition) is 4. The third-order valence-electron chi connectivity index (χ3n) is 1.89. The van der Waals surface area contributed by atoms with E-state index < -0.39 is 4.92 Å². The highest BCUT2D eigenvalue weighted by atomic mass is 16.6. The van der Waals surface area contributed by atoms with E-state index >= 15 is 0 Å². The summed E-state index contributed by atoms with van der Waals surface area (Å²) in [5.74, 6) is 0. The lowest BCUT2D eigenvalue weighted by Crippen LogP contribution is -1.88. The fourth-order valence-electron chi connectivity index (χ4n) is 1.25. The summed E-state index contributed by atoms with van der Waals surface area (Å²) in [4.78, 5) is 16.6. The zero-order valence-corrected chi connectivity index (χ0v) is 7.10. The van der Waals surface area contributed by atoms with Gasteiger partial charge in [-0.1, -0.05) is 0 Å². The largest absolute Gasteiger partial charge is 0.390 e. The third-order valence-corrected chi connectivity index (χ3v) is 1.89. The quantitative estimate of drug-likeness (QED) is 0.548. The van der Waals surface area contributed by atoms with E-state index in [0.717, 1.165) is 0 Å². The summed E-state index contributed by atoms with van der Waals surface area (Å²) in [6.07, 6.45) is 1.18. The second kappa shape index (κ2) is 3.08. The molecule has 0 saturated heterocycles. The van der Waals surface area contributed by atoms with E-state index in [9.17, 15) is 10.1 Å². The molecule has 72 valence electrons. The molecule has 6 heteroatoms. The van der Waals surface area contributed by atoms with Crippen LogP contribution in [0.5, 0.6) is 0 Å². The molecular formula is C8H7N3O3. The lowest BCUT2D eigenvalue weighted by atomic mass is 10.3. The van der Waals surface area contributed by atoms with Crippen LogP contribution >= 0.6 is 0 Å². The molecule has 0 aliphatic carbocycles. The lowest BCUT2D eigenvalue weighted by molar-refractivity contribution is -0.385. The summed E-state index contributed by atoms with van der Waals surface area (Å²) in [6, 6.07) is 3.05. The van der Waals surface area contributed by atoms with Crippen LogP contribution in [-0.4, -0.2) is 20.0 Å². The molecular weight excluding hydrogens is 186 g/mol. The summed E-state index contributed by atoms with van der Waals surface area (Å²) < 4.78 is 0. The van der Waals surface area contributed by atoms with Crippen molar-refractivity contribution in [2.75, 3.05) is 0 Å². The van der Waals surface area contributed by atoms with Crippen molar-refractivity contribution in [3.63, 3.8) is 0 Å². The van der Waals surface area contributed by atoms with E-state index in [-0.39, 0.29) is 12.3 Å². The molecule has 2 heterocycles. The van der Waals surface area contributed by atoms with Crippen molar-refractivity contribution in [2.45, 2.75) is 6.61 Å². The molecule has 0 bridgehead atoms. The first-order valence-electron chi connectivity index (χ1n) is 3.93. The van der Waals surface area contributed by atoms with Crippen molar-refractivity contribution < 1.29 is 10.0 Å². The van der Waals surface area contributed by atoms with Crippen LogP contribution < -0.4 is 0 Å². The molecule has 2 aromatic heterocycles. The molecule has 0 spiro atoms. The SMILES string of the molecule is O=[N+]([O-])c1cnc2[nH]c(CO)cc2c1. The molecule has 2 N–H and O–H groups in total. The maximum atomic E-state index is 10.4. The number of pyridine rings is 1. The third kappa shape index (κ3) is 1.31. The summed E-state index contributed by atoms with van der Waals surface area (Å²) in [7, 11) is 0. The van der Waals surface area contributed by atoms with Crippen molar-refractivity contribution in [3.05, 3.63) is 34.1 Å². The summed E-state index contributed by atoms with van der Waals surface area (Å²) in [6.45, 7) is -0.135. The molecule has 2 rings (SSSR count). The molecule has 0 atom stereocenters. The van der Waals surface area contributed by atoms with Gasteiger partial charge in [-0.2, -0.15) is 0 Å². The molecule has 0 saturated carbocycles. The predicted molar refractivity (Wildman–Crippen MR) is 48.7 cm³/mol. The van der Waals surface area contributed by atoms with Crippen molar-refractivity contribution in [1.29, 1.82) is 0 Å². The van der Waals surface area contributed by atoms with Gasteiger partial charge in [-0.15, -0.1) is 0 Å². The number of aliphatic hydroxyl groups is 1. The molecule has 0 aliphatic heterocycles. The van der Waals surface area contributed by atoms with Crippen molar-refractivity contribution in [1.82, 2.24) is 9.97 Å². The van der Waals surface area contributed by atoms with Gasteiger partial charge >= 0.3 is 0 Å². The lowest BCUT2D eigenvalue weighted by Gasteiger charge is -1.89. The van der Waals surface area contributed by atoms with Crippen molar-refractivity contribution in [2.24, 2.45) is 0 Å². The monoisotopic (exact) mass is 193 g/mol. The van der Waals surface area contributed by atoms with E-state index in [1.165, 1.54) is 12.3 Å². The number of nitrogens with zero attached hydrogens (tertiary/aromatic N) is 2. The van der Waals surface area contributed by atoms with E-state index in [1.54, 1.807) is 6.07 Å². The highest BCUT2D eigenvalue weighted by molar-refractivity contribution is 5.78. The smallest absolute Gasteiger partial charge is 0.288 e. The Kier molecular flexibility index (Phi) is 1.90. The van der Waals surface area contributed by atoms with Gasteiger partial charge in [-0.25, -0.2) is 4.98 Å². The zero-order chi connectivity index (χ0) is 10.1. The number of hydrogen-bond donors (Lipinski definition) is 2. The summed E-state index contributed by atoms with van der Waals surface area (Å²) in [5, 5.41) is 19.9. The first-order chi connectivity index (χ1) is 6.70. The summed E-state index contributed by atoms with van der Waals surface area (Å²) in [5.41, 5.74) is 1.08. The molecule has 0 unspecified atom stereocenters. The Morgan fingerprint density at radius 1 is 1.57 bits per heavy atom. The van der Waals surface area contributed by atoms with Gasteiger partial charge in [0.25, 0.3) is 5.69 Å². The second-order valence-corrected chi connectivity index (χ2v) is 2.84. The second-order valence-electron chi connectivity index (χ2n) is 2.84. The van der Waals surface area contributed by atoms with Gasteiger partial charge < -0.3 is 10.1 Å². The van der Waals surface area contributed by atoms with Gasteiger partial charge in [0.05, 0.1) is 11.5 Å². The normalized spacial score (nSPS) is 10.6. The van der Waals surface area contributed by atoms with Crippen LogP contribution in [0, 0.1) is 10.1 Å². The minimum absolute atomic E-state index is 0.0546. The van der Waals surface area contributed by atoms with Crippen LogP contribution in [0.3, 0.4) is 0 Å². The number of aliphatic hydroxyl groups excluding tert-OH is 1. The Morgan fingerprint density at radius 2 is 2.36 bits per heavy atom. The Morgan fingerprint density at radius 3 is 3.00 bits per heavy atom. The minimum atomic E-state index is -0.502. The average molecular weight is 193 g/mol. The number of rotatable bonds is 2. The average Bonchev–Trinajstić information content (AvgIpc) is 2.58. The van der Waals surface area contributed by atoms with Crippen LogP contribution in [0.25, 0.3) is 11.0 Å². The molecule has 2 aromatic rings. The van der Waals surface area contributed by atoms with Gasteiger partial charge in [0.2, 0.25) is 0 Å². The van der Waals surface area contributed by atoms with Gasteiger partial charge in [0.15, 0.2) is 0 Å². The molecule has 0 radical (unpaired) electrons. The van der Waals surface area contributed by atoms with E-state index in [0.29, 0.717) is 16.7 Å². The van der Waals surface area contributed by atoms with Crippen LogP contribution in [0.1, 0.15) is 5.69 Å². The number of fused-ring (bicyclic) bond motifs is 1. The first kappa shape index (κ1) is 8.64. The number of aromatic amines is 1. The number of nitro groups is 1. The minimum Gasteiger partial charge on any atom is -0.390 e. The Bertz CT molecular complexity index is 492. The molecule has 0 aromatic carbocycles.